The van der Waals surface area contributed by atoms with Crippen LogP contribution in [0.3, 0.4) is 0 Å². The van der Waals surface area contributed by atoms with Crippen LogP contribution in [0.5, 0.6) is 11.5 Å². The summed E-state index contributed by atoms with van der Waals surface area (Å²) in [7, 11) is 3.21. The maximum Gasteiger partial charge on any atom is 0.165 e. The molecular weight excluding hydrogens is 240 g/mol. The predicted octanol–water partition coefficient (Wildman–Crippen LogP) is 2.41. The van der Waals surface area contributed by atoms with Gasteiger partial charge in [0, 0.05) is 23.4 Å². The van der Waals surface area contributed by atoms with E-state index in [0.29, 0.717) is 18.0 Å². The lowest BCUT2D eigenvalue weighted by Gasteiger charge is -2.15. The molecule has 4 nitrogen and oxygen atoms in total. The molecular formula is C15H18N2O2. The van der Waals surface area contributed by atoms with E-state index in [4.69, 9.17) is 20.9 Å². The zero-order chi connectivity index (χ0) is 13.8. The van der Waals surface area contributed by atoms with E-state index >= 15 is 0 Å². The molecule has 2 aromatic carbocycles. The summed E-state index contributed by atoms with van der Waals surface area (Å²) in [6.07, 6.45) is 0. The molecule has 0 heterocycles. The highest BCUT2D eigenvalue weighted by Crippen LogP contribution is 2.37. The first-order valence-corrected chi connectivity index (χ1v) is 6.01. The van der Waals surface area contributed by atoms with Gasteiger partial charge in [0.2, 0.25) is 0 Å². The Balaban J connectivity index is 2.63. The smallest absolute Gasteiger partial charge is 0.165 e. The number of rotatable bonds is 4. The van der Waals surface area contributed by atoms with Crippen molar-refractivity contribution < 1.29 is 9.47 Å². The molecule has 0 radical (unpaired) electrons. The number of para-hydroxylation sites is 1. The Bertz CT molecular complexity index is 557. The first kappa shape index (κ1) is 13.2. The van der Waals surface area contributed by atoms with Crippen LogP contribution in [-0.4, -0.2) is 14.2 Å². The molecule has 0 atom stereocenters. The van der Waals surface area contributed by atoms with Crippen LogP contribution in [0.2, 0.25) is 0 Å². The topological polar surface area (TPSA) is 70.5 Å². The molecule has 4 heteroatoms. The number of nitrogens with two attached hydrogens (primary N) is 2. The second kappa shape index (κ2) is 5.63. The summed E-state index contributed by atoms with van der Waals surface area (Å²) in [5, 5.41) is 0. The molecule has 0 bridgehead atoms. The van der Waals surface area contributed by atoms with Gasteiger partial charge in [-0.25, -0.2) is 0 Å². The first-order valence-electron chi connectivity index (χ1n) is 6.01. The summed E-state index contributed by atoms with van der Waals surface area (Å²) >= 11 is 0. The Morgan fingerprint density at radius 3 is 2.37 bits per heavy atom. The van der Waals surface area contributed by atoms with Gasteiger partial charge in [0.1, 0.15) is 0 Å². The van der Waals surface area contributed by atoms with E-state index in [1.165, 1.54) is 0 Å². The quantitative estimate of drug-likeness (QED) is 0.826. The van der Waals surface area contributed by atoms with Crippen LogP contribution in [-0.2, 0) is 6.54 Å². The number of benzene rings is 2. The molecule has 0 amide bonds. The lowest BCUT2D eigenvalue weighted by atomic mass is 10.00. The average molecular weight is 258 g/mol. The second-order valence-corrected chi connectivity index (χ2v) is 4.16. The van der Waals surface area contributed by atoms with Crippen molar-refractivity contribution in [2.75, 3.05) is 20.0 Å². The lowest BCUT2D eigenvalue weighted by molar-refractivity contribution is 0.352. The molecule has 0 spiro atoms. The van der Waals surface area contributed by atoms with E-state index in [1.54, 1.807) is 14.2 Å². The largest absolute Gasteiger partial charge is 0.493 e. The third kappa shape index (κ3) is 2.48. The Morgan fingerprint density at radius 2 is 1.79 bits per heavy atom. The van der Waals surface area contributed by atoms with Crippen molar-refractivity contribution in [2.45, 2.75) is 6.54 Å². The maximum absolute atomic E-state index is 6.00. The van der Waals surface area contributed by atoms with Gasteiger partial charge in [-0.3, -0.25) is 0 Å². The zero-order valence-electron chi connectivity index (χ0n) is 11.1. The molecule has 0 aliphatic carbocycles. The van der Waals surface area contributed by atoms with Gasteiger partial charge in [0.05, 0.1) is 14.2 Å². The first-order chi connectivity index (χ1) is 9.21. The van der Waals surface area contributed by atoms with Gasteiger partial charge < -0.3 is 20.9 Å². The van der Waals surface area contributed by atoms with Crippen molar-refractivity contribution in [2.24, 2.45) is 5.73 Å². The maximum atomic E-state index is 6.00. The monoisotopic (exact) mass is 258 g/mol. The zero-order valence-corrected chi connectivity index (χ0v) is 11.1. The number of ether oxygens (including phenoxy) is 2. The molecule has 0 aliphatic heterocycles. The fraction of sp³-hybridized carbons (Fsp3) is 0.200. The third-order valence-corrected chi connectivity index (χ3v) is 3.05. The van der Waals surface area contributed by atoms with Crippen LogP contribution in [0.15, 0.2) is 36.4 Å². The van der Waals surface area contributed by atoms with Crippen LogP contribution < -0.4 is 20.9 Å². The molecule has 2 aromatic rings. The number of hydrogen-bond donors (Lipinski definition) is 2. The molecule has 0 aliphatic rings. The van der Waals surface area contributed by atoms with E-state index < -0.39 is 0 Å². The summed E-state index contributed by atoms with van der Waals surface area (Å²) in [5.41, 5.74) is 15.3. The van der Waals surface area contributed by atoms with Crippen molar-refractivity contribution in [3.8, 4) is 22.6 Å². The van der Waals surface area contributed by atoms with Crippen LogP contribution in [0, 0.1) is 0 Å². The summed E-state index contributed by atoms with van der Waals surface area (Å²) < 4.78 is 10.7. The van der Waals surface area contributed by atoms with Gasteiger partial charge in [-0.15, -0.1) is 0 Å². The fourth-order valence-corrected chi connectivity index (χ4v) is 2.11. The van der Waals surface area contributed by atoms with E-state index in [9.17, 15) is 0 Å². The van der Waals surface area contributed by atoms with Crippen LogP contribution in [0.1, 0.15) is 5.56 Å². The van der Waals surface area contributed by atoms with E-state index in [1.807, 2.05) is 36.4 Å². The normalized spacial score (nSPS) is 10.3. The van der Waals surface area contributed by atoms with Gasteiger partial charge in [0.25, 0.3) is 0 Å². The highest BCUT2D eigenvalue weighted by Gasteiger charge is 2.13. The SMILES string of the molecule is COc1cc(-c2ccccc2N)cc(CN)c1OC. The summed E-state index contributed by atoms with van der Waals surface area (Å²) in [4.78, 5) is 0. The van der Waals surface area contributed by atoms with E-state index in [-0.39, 0.29) is 0 Å². The van der Waals surface area contributed by atoms with Gasteiger partial charge in [0.15, 0.2) is 11.5 Å². The molecule has 2 rings (SSSR count). The van der Waals surface area contributed by atoms with Crippen LogP contribution in [0.25, 0.3) is 11.1 Å². The lowest BCUT2D eigenvalue weighted by Crippen LogP contribution is -2.02. The highest BCUT2D eigenvalue weighted by atomic mass is 16.5. The van der Waals surface area contributed by atoms with Gasteiger partial charge >= 0.3 is 0 Å². The van der Waals surface area contributed by atoms with Crippen molar-refractivity contribution in [1.82, 2.24) is 0 Å². The van der Waals surface area contributed by atoms with Gasteiger partial charge in [-0.2, -0.15) is 0 Å². The molecule has 0 unspecified atom stereocenters. The molecule has 19 heavy (non-hydrogen) atoms. The van der Waals surface area contributed by atoms with Crippen molar-refractivity contribution >= 4 is 5.69 Å². The van der Waals surface area contributed by atoms with Crippen molar-refractivity contribution in [1.29, 1.82) is 0 Å². The molecule has 100 valence electrons. The minimum Gasteiger partial charge on any atom is -0.493 e. The summed E-state index contributed by atoms with van der Waals surface area (Å²) in [5.74, 6) is 1.33. The van der Waals surface area contributed by atoms with Gasteiger partial charge in [-0.1, -0.05) is 18.2 Å². The molecule has 0 saturated carbocycles. The van der Waals surface area contributed by atoms with Crippen LogP contribution >= 0.6 is 0 Å². The number of anilines is 1. The molecule has 0 fully saturated rings. The highest BCUT2D eigenvalue weighted by molar-refractivity contribution is 5.78. The number of nitrogen functional groups attached to an aromatic ring is 1. The summed E-state index contributed by atoms with van der Waals surface area (Å²) in [6.45, 7) is 0.375. The Labute approximate surface area is 112 Å². The average Bonchev–Trinajstić information content (AvgIpc) is 2.46. The van der Waals surface area contributed by atoms with E-state index in [2.05, 4.69) is 0 Å². The van der Waals surface area contributed by atoms with Crippen molar-refractivity contribution in [3.05, 3.63) is 42.0 Å². The number of hydrogen-bond acceptors (Lipinski definition) is 4. The molecule has 4 N–H and O–H groups in total. The summed E-state index contributed by atoms with van der Waals surface area (Å²) in [6, 6.07) is 11.6. The molecule has 0 aromatic heterocycles. The van der Waals surface area contributed by atoms with Crippen molar-refractivity contribution in [3.63, 3.8) is 0 Å². The Hall–Kier alpha value is -2.20. The van der Waals surface area contributed by atoms with Crippen LogP contribution in [0.4, 0.5) is 5.69 Å². The minimum atomic E-state index is 0.375. The Kier molecular flexibility index (Phi) is 3.92. The third-order valence-electron chi connectivity index (χ3n) is 3.05. The van der Waals surface area contributed by atoms with Gasteiger partial charge in [-0.05, 0) is 23.8 Å². The predicted molar refractivity (Wildman–Crippen MR) is 77.3 cm³/mol. The molecule has 0 saturated heterocycles. The standard InChI is InChI=1S/C15H18N2O2/c1-18-14-8-10(7-11(9-16)15(14)19-2)12-5-3-4-6-13(12)17/h3-8H,9,16-17H2,1-2H3. The Morgan fingerprint density at radius 1 is 1.05 bits per heavy atom. The number of methoxy groups -OCH3 is 2. The minimum absolute atomic E-state index is 0.375. The van der Waals surface area contributed by atoms with E-state index in [0.717, 1.165) is 22.4 Å². The fourth-order valence-electron chi connectivity index (χ4n) is 2.11. The second-order valence-electron chi connectivity index (χ2n) is 4.16.